The molecule has 6 nitrogen and oxygen atoms in total. The quantitative estimate of drug-likeness (QED) is 0.714. The summed E-state index contributed by atoms with van der Waals surface area (Å²) in [5, 5.41) is 3.18. The van der Waals surface area contributed by atoms with Crippen molar-refractivity contribution in [3.05, 3.63) is 0 Å². The Labute approximate surface area is 160 Å². The van der Waals surface area contributed by atoms with Crippen LogP contribution in [0.25, 0.3) is 0 Å². The fourth-order valence-electron chi connectivity index (χ4n) is 3.02. The summed E-state index contributed by atoms with van der Waals surface area (Å²) >= 11 is 0. The molecule has 0 aliphatic carbocycles. The van der Waals surface area contributed by atoms with Crippen molar-refractivity contribution in [2.75, 3.05) is 6.61 Å². The number of hydrogen-bond acceptors (Lipinski definition) is 5. The summed E-state index contributed by atoms with van der Waals surface area (Å²) < 4.78 is 24.8. The van der Waals surface area contributed by atoms with Gasteiger partial charge in [0.25, 0.3) is 5.91 Å². The number of piperidine rings is 1. The second kappa shape index (κ2) is 6.97. The van der Waals surface area contributed by atoms with Crippen molar-refractivity contribution in [2.45, 2.75) is 103 Å². The highest BCUT2D eigenvalue weighted by atomic mass is 28.4. The van der Waals surface area contributed by atoms with Crippen LogP contribution in [-0.2, 0) is 23.1 Å². The molecule has 0 aromatic carbocycles. The predicted molar refractivity (Wildman–Crippen MR) is 107 cm³/mol. The minimum atomic E-state index is -1.93. The summed E-state index contributed by atoms with van der Waals surface area (Å²) in [5.41, 5.74) is 0. The lowest BCUT2D eigenvalue weighted by atomic mass is 9.96. The van der Waals surface area contributed by atoms with E-state index in [9.17, 15) is 4.79 Å². The molecule has 0 unspecified atom stereocenters. The molecule has 8 heteroatoms. The average molecular weight is 404 g/mol. The zero-order chi connectivity index (χ0) is 20.1. The minimum Gasteiger partial charge on any atom is -0.415 e. The molecule has 2 aliphatic heterocycles. The molecule has 0 aromatic rings. The van der Waals surface area contributed by atoms with E-state index in [2.05, 4.69) is 58.8 Å². The van der Waals surface area contributed by atoms with Crippen LogP contribution in [0.5, 0.6) is 0 Å². The van der Waals surface area contributed by atoms with Crippen LogP contribution in [0.2, 0.25) is 37.8 Å². The van der Waals surface area contributed by atoms with Gasteiger partial charge < -0.3 is 23.6 Å². The van der Waals surface area contributed by atoms with Gasteiger partial charge in [0.2, 0.25) is 0 Å². The fourth-order valence-corrected chi connectivity index (χ4v) is 5.16. The van der Waals surface area contributed by atoms with Crippen LogP contribution in [0.15, 0.2) is 0 Å². The molecule has 1 amide bonds. The smallest absolute Gasteiger partial charge is 0.252 e. The molecule has 152 valence electrons. The van der Waals surface area contributed by atoms with Crippen LogP contribution in [0, 0.1) is 0 Å². The molecule has 0 aromatic heterocycles. The Hall–Kier alpha value is -0.256. The van der Waals surface area contributed by atoms with E-state index in [-0.39, 0.29) is 23.1 Å². The van der Waals surface area contributed by atoms with Crippen molar-refractivity contribution < 1.29 is 23.1 Å². The lowest BCUT2D eigenvalue weighted by molar-refractivity contribution is -0.156. The van der Waals surface area contributed by atoms with E-state index in [1.165, 1.54) is 0 Å². The van der Waals surface area contributed by atoms with Gasteiger partial charge in [-0.15, -0.1) is 0 Å². The molecule has 2 aliphatic rings. The fraction of sp³-hybridized carbons (Fsp3) is 0.944. The van der Waals surface area contributed by atoms with Crippen molar-refractivity contribution in [1.29, 1.82) is 0 Å². The first-order valence-corrected chi connectivity index (χ1v) is 15.8. The Bertz CT molecular complexity index is 539. The van der Waals surface area contributed by atoms with E-state index in [0.29, 0.717) is 6.61 Å². The van der Waals surface area contributed by atoms with Crippen LogP contribution in [-0.4, -0.2) is 59.3 Å². The normalized spacial score (nSPS) is 32.3. The maximum absolute atomic E-state index is 12.6. The molecule has 0 spiro atoms. The molecule has 2 fully saturated rings. The summed E-state index contributed by atoms with van der Waals surface area (Å²) in [4.78, 5) is 12.6. The van der Waals surface area contributed by atoms with Crippen LogP contribution in [0.4, 0.5) is 0 Å². The first-order valence-electron chi connectivity index (χ1n) is 9.50. The molecular formula is C18H37NO5Si2. The Morgan fingerprint density at radius 3 is 2.19 bits per heavy atom. The maximum atomic E-state index is 12.6. The van der Waals surface area contributed by atoms with Crippen LogP contribution in [0.3, 0.4) is 0 Å². The summed E-state index contributed by atoms with van der Waals surface area (Å²) in [6, 6.07) is -0.234. The number of carbonyl (C=O) groups excluding carboxylic acids is 1. The number of rotatable bonds is 5. The largest absolute Gasteiger partial charge is 0.415 e. The predicted octanol–water partition coefficient (Wildman–Crippen LogP) is 3.25. The highest BCUT2D eigenvalue weighted by molar-refractivity contribution is 6.74. The third-order valence-electron chi connectivity index (χ3n) is 5.36. The van der Waals surface area contributed by atoms with Crippen molar-refractivity contribution in [3.8, 4) is 0 Å². The van der Waals surface area contributed by atoms with E-state index >= 15 is 0 Å². The second-order valence-corrected chi connectivity index (χ2v) is 19.7. The zero-order valence-electron chi connectivity index (χ0n) is 18.1. The van der Waals surface area contributed by atoms with Gasteiger partial charge in [0.15, 0.2) is 28.5 Å². The minimum absolute atomic E-state index is 0.109. The van der Waals surface area contributed by atoms with Gasteiger partial charge in [-0.05, 0) is 51.6 Å². The standard InChI is InChI=1S/C18H37NO5Si2/c1-17(2,3)26(9,10)21-11-12-13(24-25(6,7)8)14-15(16(20)19-12)23-18(4,5)22-14/h12-15H,11H2,1-10H3,(H,19,20)/t12-,13-,14+,15+/m1/s1. The summed E-state index contributed by atoms with van der Waals surface area (Å²) in [7, 11) is -3.79. The van der Waals surface area contributed by atoms with Crippen LogP contribution in [0.1, 0.15) is 34.6 Å². The molecule has 0 saturated carbocycles. The monoisotopic (exact) mass is 403 g/mol. The van der Waals surface area contributed by atoms with Gasteiger partial charge in [0.1, 0.15) is 6.10 Å². The van der Waals surface area contributed by atoms with Crippen molar-refractivity contribution >= 4 is 22.5 Å². The molecular weight excluding hydrogens is 366 g/mol. The van der Waals surface area contributed by atoms with Crippen molar-refractivity contribution in [3.63, 3.8) is 0 Å². The van der Waals surface area contributed by atoms with Crippen molar-refractivity contribution in [2.24, 2.45) is 0 Å². The summed E-state index contributed by atoms with van der Waals surface area (Å²) in [6.07, 6.45) is -1.30. The number of ether oxygens (including phenoxy) is 2. The SMILES string of the molecule is CC1(C)O[C@H]2[C@H](O[Si](C)(C)C)[C@@H](CO[Si](C)(C)C(C)(C)C)NC(=O)[C@H]2O1. The Balaban J connectivity index is 2.22. The molecule has 1 N–H and O–H groups in total. The van der Waals surface area contributed by atoms with Crippen LogP contribution < -0.4 is 5.32 Å². The molecule has 2 saturated heterocycles. The summed E-state index contributed by atoms with van der Waals surface area (Å²) in [6.45, 7) is 21.6. The van der Waals surface area contributed by atoms with Gasteiger partial charge in [0.05, 0.1) is 18.8 Å². The summed E-state index contributed by atoms with van der Waals surface area (Å²) in [5.74, 6) is -0.928. The van der Waals surface area contributed by atoms with Gasteiger partial charge in [-0.3, -0.25) is 4.79 Å². The molecule has 2 heterocycles. The van der Waals surface area contributed by atoms with Gasteiger partial charge in [-0.1, -0.05) is 20.8 Å². The maximum Gasteiger partial charge on any atom is 0.252 e. The first kappa shape index (κ1) is 22.0. The average Bonchev–Trinajstić information content (AvgIpc) is 2.74. The molecule has 2 rings (SSSR count). The van der Waals surface area contributed by atoms with Gasteiger partial charge in [-0.25, -0.2) is 0 Å². The molecule has 0 radical (unpaired) electrons. The number of amides is 1. The lowest BCUT2D eigenvalue weighted by Crippen LogP contribution is -2.66. The Morgan fingerprint density at radius 2 is 1.69 bits per heavy atom. The number of hydrogen-bond donors (Lipinski definition) is 1. The van der Waals surface area contributed by atoms with Gasteiger partial charge in [-0.2, -0.15) is 0 Å². The van der Waals surface area contributed by atoms with Crippen molar-refractivity contribution in [1.82, 2.24) is 5.32 Å². The molecule has 4 atom stereocenters. The Morgan fingerprint density at radius 1 is 1.12 bits per heavy atom. The van der Waals surface area contributed by atoms with Crippen LogP contribution >= 0.6 is 0 Å². The topological polar surface area (TPSA) is 66.0 Å². The van der Waals surface area contributed by atoms with Gasteiger partial charge in [0, 0.05) is 0 Å². The number of nitrogens with one attached hydrogen (secondary N) is 1. The van der Waals surface area contributed by atoms with E-state index in [0.717, 1.165) is 0 Å². The van der Waals surface area contributed by atoms with E-state index in [4.69, 9.17) is 18.3 Å². The first-order chi connectivity index (χ1) is 11.5. The third kappa shape index (κ3) is 4.96. The molecule has 0 bridgehead atoms. The van der Waals surface area contributed by atoms with Gasteiger partial charge >= 0.3 is 0 Å². The van der Waals surface area contributed by atoms with E-state index in [1.807, 2.05) is 13.8 Å². The number of fused-ring (bicyclic) bond motifs is 1. The number of carbonyl (C=O) groups is 1. The highest BCUT2D eigenvalue weighted by Gasteiger charge is 2.55. The Kier molecular flexibility index (Phi) is 5.91. The second-order valence-electron chi connectivity index (χ2n) is 10.4. The van der Waals surface area contributed by atoms with E-state index in [1.54, 1.807) is 0 Å². The lowest BCUT2D eigenvalue weighted by Gasteiger charge is -2.43. The molecule has 26 heavy (non-hydrogen) atoms. The van der Waals surface area contributed by atoms with E-state index < -0.39 is 34.6 Å². The zero-order valence-corrected chi connectivity index (χ0v) is 20.1. The third-order valence-corrected chi connectivity index (χ3v) is 10.8. The highest BCUT2D eigenvalue weighted by Crippen LogP contribution is 2.38.